The Kier molecular flexibility index (Phi) is 9.08. The van der Waals surface area contributed by atoms with Crippen LogP contribution in [-0.2, 0) is 9.47 Å². The quantitative estimate of drug-likeness (QED) is 0.359. The molecule has 0 aromatic carbocycles. The predicted octanol–water partition coefficient (Wildman–Crippen LogP) is 2.16. The van der Waals surface area contributed by atoms with Gasteiger partial charge in [-0.25, -0.2) is 0 Å². The number of imide groups is 1. The number of nitrogens with two attached hydrogens (primary N) is 1. The summed E-state index contributed by atoms with van der Waals surface area (Å²) in [5.74, 6) is 0. The smallest absolute Gasteiger partial charge is 0.431 e. The van der Waals surface area contributed by atoms with E-state index in [4.69, 9.17) is 15.2 Å². The fourth-order valence-electron chi connectivity index (χ4n) is 0.968. The molecule has 0 rings (SSSR count). The molecule has 18 heavy (non-hydrogen) atoms. The Morgan fingerprint density at radius 1 is 1.11 bits per heavy atom. The highest BCUT2D eigenvalue weighted by molar-refractivity contribution is 8.13. The Bertz CT molecular complexity index is 318. The largest absolute Gasteiger partial charge is 0.518 e. The average molecular weight is 277 g/mol. The third-order valence-corrected chi connectivity index (χ3v) is 2.55. The molecule has 0 saturated heterocycles. The number of amidine groups is 1. The van der Waals surface area contributed by atoms with Crippen LogP contribution in [0.15, 0.2) is 0 Å². The number of thioether (sulfide) groups is 1. The van der Waals surface area contributed by atoms with Crippen LogP contribution in [0.25, 0.3) is 0 Å². The normalized spacial score (nSPS) is 11.7. The van der Waals surface area contributed by atoms with E-state index < -0.39 is 12.2 Å². The van der Waals surface area contributed by atoms with Crippen molar-refractivity contribution >= 4 is 29.1 Å². The zero-order chi connectivity index (χ0) is 14.0. The van der Waals surface area contributed by atoms with Gasteiger partial charge in [0.1, 0.15) is 0 Å². The number of carbonyl (C=O) groups is 2. The van der Waals surface area contributed by atoms with Crippen LogP contribution in [0.1, 0.15) is 33.1 Å². The Labute approximate surface area is 112 Å². The minimum absolute atomic E-state index is 0.0394. The molecule has 2 N–H and O–H groups in total. The van der Waals surface area contributed by atoms with Gasteiger partial charge in [0.05, 0.1) is 13.2 Å². The maximum atomic E-state index is 11.7. The van der Waals surface area contributed by atoms with Gasteiger partial charge in [0.25, 0.3) is 0 Å². The second-order valence-corrected chi connectivity index (χ2v) is 4.29. The van der Waals surface area contributed by atoms with Gasteiger partial charge in [-0.15, -0.1) is 0 Å². The highest BCUT2D eigenvalue weighted by Gasteiger charge is 2.29. The first-order valence-corrected chi connectivity index (χ1v) is 7.10. The minimum atomic E-state index is -0.801. The standard InChI is InChI=1S/C11H20N2O4S/c1-4-6-8-17-11(15)13(9(12)18-3)10(14)16-7-5-2/h12H,4-8H2,1-3H3/p+1. The predicted molar refractivity (Wildman–Crippen MR) is 70.9 cm³/mol. The van der Waals surface area contributed by atoms with Crippen molar-refractivity contribution < 1.29 is 23.6 Å². The number of amides is 2. The van der Waals surface area contributed by atoms with Gasteiger partial charge in [0.15, 0.2) is 0 Å². The Balaban J connectivity index is 4.69. The van der Waals surface area contributed by atoms with Crippen molar-refractivity contribution in [3.8, 4) is 0 Å². The summed E-state index contributed by atoms with van der Waals surface area (Å²) < 4.78 is 10.5. The van der Waals surface area contributed by atoms with Crippen molar-refractivity contribution in [1.29, 1.82) is 0 Å². The lowest BCUT2D eigenvalue weighted by molar-refractivity contribution is -0.368. The number of hydrogen-bond acceptors (Lipinski definition) is 5. The molecular weight excluding hydrogens is 256 g/mol. The molecule has 0 aliphatic rings. The Morgan fingerprint density at radius 2 is 1.67 bits per heavy atom. The van der Waals surface area contributed by atoms with Crippen molar-refractivity contribution in [2.75, 3.05) is 19.5 Å². The lowest BCUT2D eigenvalue weighted by Gasteiger charge is -2.06. The van der Waals surface area contributed by atoms with E-state index in [9.17, 15) is 9.59 Å². The van der Waals surface area contributed by atoms with E-state index in [1.54, 1.807) is 6.26 Å². The Morgan fingerprint density at radius 3 is 2.11 bits per heavy atom. The second kappa shape index (κ2) is 9.76. The molecule has 0 aliphatic heterocycles. The van der Waals surface area contributed by atoms with Crippen LogP contribution >= 0.6 is 11.8 Å². The van der Waals surface area contributed by atoms with Gasteiger partial charge in [0, 0.05) is 0 Å². The first-order valence-electron chi connectivity index (χ1n) is 5.88. The average Bonchev–Trinajstić information content (AvgIpc) is 2.36. The van der Waals surface area contributed by atoms with Crippen LogP contribution in [0.3, 0.4) is 0 Å². The SMILES string of the molecule is CCCCOC(=O)[N+](C(=O)OCCC)=C(N)SC. The number of unbranched alkanes of at least 4 members (excludes halogenated alkanes) is 1. The van der Waals surface area contributed by atoms with Crippen LogP contribution in [-0.4, -0.2) is 41.4 Å². The summed E-state index contributed by atoms with van der Waals surface area (Å²) in [6, 6.07) is 0. The fourth-order valence-corrected chi connectivity index (χ4v) is 1.30. The van der Waals surface area contributed by atoms with E-state index in [0.29, 0.717) is 6.42 Å². The zero-order valence-corrected chi connectivity index (χ0v) is 11.9. The van der Waals surface area contributed by atoms with Gasteiger partial charge in [-0.1, -0.05) is 20.3 Å². The molecule has 0 atom stereocenters. The van der Waals surface area contributed by atoms with Crippen LogP contribution in [0.2, 0.25) is 0 Å². The van der Waals surface area contributed by atoms with Crippen molar-refractivity contribution in [3.63, 3.8) is 0 Å². The van der Waals surface area contributed by atoms with Gasteiger partial charge in [-0.2, -0.15) is 9.59 Å². The number of nitrogens with zero attached hydrogens (tertiary/aromatic N) is 1. The molecule has 0 aliphatic carbocycles. The van der Waals surface area contributed by atoms with E-state index in [1.807, 2.05) is 13.8 Å². The lowest BCUT2D eigenvalue weighted by atomic mass is 10.4. The van der Waals surface area contributed by atoms with Gasteiger partial charge in [0.2, 0.25) is 0 Å². The third kappa shape index (κ3) is 5.90. The summed E-state index contributed by atoms with van der Waals surface area (Å²) in [5.41, 5.74) is 5.60. The summed E-state index contributed by atoms with van der Waals surface area (Å²) in [6.07, 6.45) is 2.37. The van der Waals surface area contributed by atoms with Crippen molar-refractivity contribution in [2.24, 2.45) is 5.73 Å². The molecule has 0 aromatic rings. The van der Waals surface area contributed by atoms with Gasteiger partial charge in [-0.05, 0) is 35.4 Å². The van der Waals surface area contributed by atoms with Gasteiger partial charge in [-0.3, -0.25) is 5.73 Å². The van der Waals surface area contributed by atoms with E-state index in [1.165, 1.54) is 0 Å². The zero-order valence-electron chi connectivity index (χ0n) is 11.1. The summed E-state index contributed by atoms with van der Waals surface area (Å²) >= 11 is 1.08. The summed E-state index contributed by atoms with van der Waals surface area (Å²) in [7, 11) is 0. The third-order valence-electron chi connectivity index (χ3n) is 1.95. The summed E-state index contributed by atoms with van der Waals surface area (Å²) in [6.45, 7) is 4.33. The molecule has 0 aromatic heterocycles. The molecule has 0 unspecified atom stereocenters. The van der Waals surface area contributed by atoms with Crippen LogP contribution in [0.4, 0.5) is 9.59 Å². The van der Waals surface area contributed by atoms with Crippen molar-refractivity contribution in [2.45, 2.75) is 33.1 Å². The minimum Gasteiger partial charge on any atom is -0.431 e. The lowest BCUT2D eigenvalue weighted by Crippen LogP contribution is -2.37. The Hall–Kier alpha value is -1.24. The molecule has 0 spiro atoms. The van der Waals surface area contributed by atoms with Crippen LogP contribution in [0.5, 0.6) is 0 Å². The summed E-state index contributed by atoms with van der Waals surface area (Å²) in [5, 5.41) is 0.0394. The molecule has 0 saturated carbocycles. The van der Waals surface area contributed by atoms with E-state index >= 15 is 0 Å². The summed E-state index contributed by atoms with van der Waals surface area (Å²) in [4.78, 5) is 23.4. The fraction of sp³-hybridized carbons (Fsp3) is 0.727. The van der Waals surface area contributed by atoms with Crippen LogP contribution in [0, 0.1) is 0 Å². The number of hydrogen-bond donors (Lipinski definition) is 1. The van der Waals surface area contributed by atoms with Crippen molar-refractivity contribution in [1.82, 2.24) is 0 Å². The molecule has 7 heteroatoms. The van der Waals surface area contributed by atoms with E-state index in [-0.39, 0.29) is 18.4 Å². The molecular formula is C11H21N2O4S+. The molecule has 2 amide bonds. The van der Waals surface area contributed by atoms with Crippen LogP contribution < -0.4 is 5.73 Å². The molecule has 0 fully saturated rings. The monoisotopic (exact) mass is 277 g/mol. The molecule has 0 heterocycles. The second-order valence-electron chi connectivity index (χ2n) is 3.46. The first kappa shape index (κ1) is 16.8. The number of ether oxygens (including phenoxy) is 2. The van der Waals surface area contributed by atoms with Gasteiger partial charge >= 0.3 is 17.4 Å². The highest BCUT2D eigenvalue weighted by atomic mass is 32.2. The van der Waals surface area contributed by atoms with Gasteiger partial charge < -0.3 is 9.47 Å². The van der Waals surface area contributed by atoms with Crippen molar-refractivity contribution in [3.05, 3.63) is 0 Å². The maximum absolute atomic E-state index is 11.7. The van der Waals surface area contributed by atoms with E-state index in [2.05, 4.69) is 0 Å². The molecule has 104 valence electrons. The first-order chi connectivity index (χ1) is 8.58. The molecule has 0 radical (unpaired) electrons. The molecule has 6 nitrogen and oxygen atoms in total. The topological polar surface area (TPSA) is 81.6 Å². The number of carbonyl (C=O) groups excluding carboxylic acids is 2. The highest BCUT2D eigenvalue weighted by Crippen LogP contribution is 2.00. The van der Waals surface area contributed by atoms with E-state index in [0.717, 1.165) is 29.2 Å². The number of rotatable bonds is 5. The molecule has 0 bridgehead atoms. The maximum Gasteiger partial charge on any atom is 0.518 e.